The van der Waals surface area contributed by atoms with Crippen molar-refractivity contribution in [3.05, 3.63) is 50.3 Å². The van der Waals surface area contributed by atoms with Crippen molar-refractivity contribution >= 4 is 11.3 Å². The third-order valence-electron chi connectivity index (χ3n) is 3.29. The first-order chi connectivity index (χ1) is 8.84. The van der Waals surface area contributed by atoms with Crippen LogP contribution in [0.1, 0.15) is 16.8 Å². The second-order valence-corrected chi connectivity index (χ2v) is 5.26. The van der Waals surface area contributed by atoms with E-state index in [4.69, 9.17) is 0 Å². The molecule has 1 aliphatic heterocycles. The van der Waals surface area contributed by atoms with Crippen molar-refractivity contribution < 1.29 is 0 Å². The van der Waals surface area contributed by atoms with Crippen molar-refractivity contribution in [1.29, 1.82) is 0 Å². The molecule has 2 aromatic heterocycles. The summed E-state index contributed by atoms with van der Waals surface area (Å²) in [7, 11) is 0. The van der Waals surface area contributed by atoms with Gasteiger partial charge in [0.15, 0.2) is 0 Å². The lowest BCUT2D eigenvalue weighted by Gasteiger charge is -2.16. The van der Waals surface area contributed by atoms with Crippen molar-refractivity contribution in [2.45, 2.75) is 25.9 Å². The molecule has 0 spiro atoms. The molecule has 0 radical (unpaired) electrons. The number of hydrogen-bond donors (Lipinski definition) is 1. The van der Waals surface area contributed by atoms with Crippen LogP contribution in [0.4, 0.5) is 0 Å². The molecule has 0 amide bonds. The van der Waals surface area contributed by atoms with Gasteiger partial charge in [0.25, 0.3) is 5.56 Å². The van der Waals surface area contributed by atoms with E-state index >= 15 is 0 Å². The van der Waals surface area contributed by atoms with Gasteiger partial charge in [0.05, 0.1) is 12.0 Å². The fraction of sp³-hybridized carbons (Fsp3) is 0.385. The van der Waals surface area contributed by atoms with Gasteiger partial charge in [-0.15, -0.1) is 0 Å². The molecule has 0 saturated carbocycles. The standard InChI is InChI=1S/C13H15N3OS/c17-13-11-1-4-14-7-12(11)15-9-16(13)5-2-10-3-6-18-8-10/h3,6,8-9,14H,1-2,4-5,7H2. The predicted octanol–water partition coefficient (Wildman–Crippen LogP) is 1.19. The van der Waals surface area contributed by atoms with E-state index in [1.54, 1.807) is 22.2 Å². The Labute approximate surface area is 109 Å². The van der Waals surface area contributed by atoms with E-state index in [1.807, 2.05) is 0 Å². The Morgan fingerprint density at radius 3 is 3.28 bits per heavy atom. The molecular formula is C13H15N3OS. The fourth-order valence-corrected chi connectivity index (χ4v) is 2.94. The van der Waals surface area contributed by atoms with Crippen LogP contribution in [0.25, 0.3) is 0 Å². The number of aromatic nitrogens is 2. The van der Waals surface area contributed by atoms with Crippen LogP contribution in [0.5, 0.6) is 0 Å². The molecule has 94 valence electrons. The van der Waals surface area contributed by atoms with Crippen LogP contribution in [0.2, 0.25) is 0 Å². The van der Waals surface area contributed by atoms with Crippen LogP contribution in [0.3, 0.4) is 0 Å². The minimum Gasteiger partial charge on any atom is -0.311 e. The lowest BCUT2D eigenvalue weighted by atomic mass is 10.1. The van der Waals surface area contributed by atoms with Crippen molar-refractivity contribution in [3.8, 4) is 0 Å². The van der Waals surface area contributed by atoms with Gasteiger partial charge in [0.2, 0.25) is 0 Å². The predicted molar refractivity (Wildman–Crippen MR) is 71.9 cm³/mol. The van der Waals surface area contributed by atoms with Gasteiger partial charge in [-0.1, -0.05) is 0 Å². The number of hydrogen-bond acceptors (Lipinski definition) is 4. The van der Waals surface area contributed by atoms with Gasteiger partial charge in [-0.2, -0.15) is 11.3 Å². The van der Waals surface area contributed by atoms with E-state index in [9.17, 15) is 4.79 Å². The van der Waals surface area contributed by atoms with E-state index in [1.165, 1.54) is 5.56 Å². The normalized spacial score (nSPS) is 14.4. The first-order valence-corrected chi connectivity index (χ1v) is 7.08. The molecule has 3 heterocycles. The molecule has 0 aliphatic carbocycles. The van der Waals surface area contributed by atoms with Gasteiger partial charge in [0, 0.05) is 18.7 Å². The third kappa shape index (κ3) is 2.23. The highest BCUT2D eigenvalue weighted by Crippen LogP contribution is 2.08. The highest BCUT2D eigenvalue weighted by molar-refractivity contribution is 7.07. The van der Waals surface area contributed by atoms with Gasteiger partial charge in [-0.3, -0.25) is 9.36 Å². The van der Waals surface area contributed by atoms with Crippen molar-refractivity contribution in [2.24, 2.45) is 0 Å². The van der Waals surface area contributed by atoms with E-state index in [0.29, 0.717) is 6.54 Å². The van der Waals surface area contributed by atoms with Gasteiger partial charge < -0.3 is 5.32 Å². The molecule has 0 fully saturated rings. The molecule has 18 heavy (non-hydrogen) atoms. The number of aryl methyl sites for hydroxylation is 2. The Bertz CT molecular complexity index is 589. The van der Waals surface area contributed by atoms with Crippen molar-refractivity contribution in [2.75, 3.05) is 6.54 Å². The van der Waals surface area contributed by atoms with Gasteiger partial charge in [-0.25, -0.2) is 4.98 Å². The molecule has 3 rings (SSSR count). The van der Waals surface area contributed by atoms with Crippen molar-refractivity contribution in [1.82, 2.24) is 14.9 Å². The van der Waals surface area contributed by atoms with E-state index < -0.39 is 0 Å². The molecule has 0 atom stereocenters. The maximum atomic E-state index is 12.3. The Kier molecular flexibility index (Phi) is 3.25. The first-order valence-electron chi connectivity index (χ1n) is 6.13. The summed E-state index contributed by atoms with van der Waals surface area (Å²) in [5, 5.41) is 7.42. The first kappa shape index (κ1) is 11.6. The molecule has 1 N–H and O–H groups in total. The SMILES string of the molecule is O=c1c2c(ncn1CCc1ccsc1)CNCC2. The molecule has 1 aliphatic rings. The van der Waals surface area contributed by atoms with Crippen LogP contribution >= 0.6 is 11.3 Å². The second kappa shape index (κ2) is 5.04. The summed E-state index contributed by atoms with van der Waals surface area (Å²) in [5.74, 6) is 0. The number of nitrogens with zero attached hydrogens (tertiary/aromatic N) is 2. The summed E-state index contributed by atoms with van der Waals surface area (Å²) in [4.78, 5) is 16.7. The Hall–Kier alpha value is -1.46. The van der Waals surface area contributed by atoms with E-state index in [2.05, 4.69) is 27.1 Å². The van der Waals surface area contributed by atoms with Crippen LogP contribution in [-0.2, 0) is 25.9 Å². The summed E-state index contributed by atoms with van der Waals surface area (Å²) in [6, 6.07) is 2.10. The van der Waals surface area contributed by atoms with E-state index in [0.717, 1.165) is 37.2 Å². The fourth-order valence-electron chi connectivity index (χ4n) is 2.23. The van der Waals surface area contributed by atoms with Crippen LogP contribution < -0.4 is 10.9 Å². The summed E-state index contributed by atoms with van der Waals surface area (Å²) in [5.41, 5.74) is 3.22. The number of rotatable bonds is 3. The summed E-state index contributed by atoms with van der Waals surface area (Å²) in [6.07, 6.45) is 3.36. The van der Waals surface area contributed by atoms with Gasteiger partial charge in [0.1, 0.15) is 0 Å². The largest absolute Gasteiger partial charge is 0.311 e. The highest BCUT2D eigenvalue weighted by atomic mass is 32.1. The molecule has 4 nitrogen and oxygen atoms in total. The molecule has 2 aromatic rings. The highest BCUT2D eigenvalue weighted by Gasteiger charge is 2.14. The maximum Gasteiger partial charge on any atom is 0.256 e. The molecular weight excluding hydrogens is 246 g/mol. The Morgan fingerprint density at radius 2 is 2.44 bits per heavy atom. The Balaban J connectivity index is 1.82. The summed E-state index contributed by atoms with van der Waals surface area (Å²) >= 11 is 1.69. The average Bonchev–Trinajstić information content (AvgIpc) is 2.91. The summed E-state index contributed by atoms with van der Waals surface area (Å²) < 4.78 is 1.74. The second-order valence-electron chi connectivity index (χ2n) is 4.48. The van der Waals surface area contributed by atoms with Gasteiger partial charge in [-0.05, 0) is 41.8 Å². The number of nitrogens with one attached hydrogen (secondary N) is 1. The quantitative estimate of drug-likeness (QED) is 0.903. The number of fused-ring (bicyclic) bond motifs is 1. The van der Waals surface area contributed by atoms with E-state index in [-0.39, 0.29) is 5.56 Å². The molecule has 0 unspecified atom stereocenters. The topological polar surface area (TPSA) is 46.9 Å². The monoisotopic (exact) mass is 261 g/mol. The van der Waals surface area contributed by atoms with Gasteiger partial charge >= 0.3 is 0 Å². The molecule has 5 heteroatoms. The summed E-state index contributed by atoms with van der Waals surface area (Å²) in [6.45, 7) is 2.30. The smallest absolute Gasteiger partial charge is 0.256 e. The maximum absolute atomic E-state index is 12.3. The minimum atomic E-state index is 0.136. The average molecular weight is 261 g/mol. The molecule has 0 aromatic carbocycles. The lowest BCUT2D eigenvalue weighted by Crippen LogP contribution is -2.34. The van der Waals surface area contributed by atoms with Crippen LogP contribution in [-0.4, -0.2) is 16.1 Å². The van der Waals surface area contributed by atoms with Crippen LogP contribution in [0.15, 0.2) is 27.9 Å². The lowest BCUT2D eigenvalue weighted by molar-refractivity contribution is 0.580. The van der Waals surface area contributed by atoms with Crippen LogP contribution in [0, 0.1) is 0 Å². The zero-order valence-electron chi connectivity index (χ0n) is 10.1. The van der Waals surface area contributed by atoms with Crippen molar-refractivity contribution in [3.63, 3.8) is 0 Å². The number of thiophene rings is 1. The molecule has 0 saturated heterocycles. The molecule has 0 bridgehead atoms. The zero-order valence-corrected chi connectivity index (χ0v) is 10.9. The zero-order chi connectivity index (χ0) is 12.4. The third-order valence-corrected chi connectivity index (χ3v) is 4.02. The Morgan fingerprint density at radius 1 is 1.50 bits per heavy atom. The minimum absolute atomic E-state index is 0.136.